The number of para-hydroxylation sites is 1. The molecular weight excluding hydrogens is 157 g/mol. The van der Waals surface area contributed by atoms with E-state index in [0.717, 1.165) is 0 Å². The Hall–Kier alpha value is -1.38. The molecule has 0 radical (unpaired) electrons. The van der Waals surface area contributed by atoms with Gasteiger partial charge in [-0.3, -0.25) is 4.79 Å². The molecule has 0 N–H and O–H groups in total. The van der Waals surface area contributed by atoms with Crippen molar-refractivity contribution in [2.45, 2.75) is 6.42 Å². The van der Waals surface area contributed by atoms with Crippen molar-refractivity contribution in [2.24, 2.45) is 0 Å². The number of hydrogen-bond acceptors (Lipinski definition) is 1. The van der Waals surface area contributed by atoms with E-state index >= 15 is 0 Å². The highest BCUT2D eigenvalue weighted by Crippen LogP contribution is 2.24. The molecule has 0 unspecified atom stereocenters. The minimum atomic E-state index is -0.328. The van der Waals surface area contributed by atoms with Crippen LogP contribution in [-0.4, -0.2) is 12.5 Å². The quantitative estimate of drug-likeness (QED) is 0.578. The Balaban J connectivity index is 2.33. The van der Waals surface area contributed by atoms with Crippen LogP contribution >= 0.6 is 0 Å². The van der Waals surface area contributed by atoms with Gasteiger partial charge >= 0.3 is 0 Å². The normalized spacial score (nSPS) is 16.1. The maximum absolute atomic E-state index is 13.0. The molecule has 1 aliphatic heterocycles. The van der Waals surface area contributed by atoms with E-state index in [9.17, 15) is 9.18 Å². The molecule has 0 atom stereocenters. The lowest BCUT2D eigenvalue weighted by Crippen LogP contribution is -2.43. The van der Waals surface area contributed by atoms with Crippen LogP contribution in [0.2, 0.25) is 0 Å². The zero-order valence-electron chi connectivity index (χ0n) is 6.46. The van der Waals surface area contributed by atoms with Crippen LogP contribution < -0.4 is 4.90 Å². The third kappa shape index (κ3) is 0.978. The molecule has 2 rings (SSSR count). The number of rotatable bonds is 1. The largest absolute Gasteiger partial charge is 0.309 e. The summed E-state index contributed by atoms with van der Waals surface area (Å²) in [6, 6.07) is 6.32. The average Bonchev–Trinajstić information content (AvgIpc) is 2.06. The van der Waals surface area contributed by atoms with Gasteiger partial charge in [-0.15, -0.1) is 0 Å². The number of anilines is 1. The van der Waals surface area contributed by atoms with Crippen molar-refractivity contribution >= 4 is 11.6 Å². The summed E-state index contributed by atoms with van der Waals surface area (Å²) in [5.74, 6) is -0.328. The lowest BCUT2D eigenvalue weighted by Gasteiger charge is -2.30. The number of nitrogens with zero attached hydrogens (tertiary/aromatic N) is 1. The molecule has 0 aromatic heterocycles. The van der Waals surface area contributed by atoms with Crippen LogP contribution in [0.5, 0.6) is 0 Å². The first-order valence-corrected chi connectivity index (χ1v) is 3.84. The molecule has 62 valence electrons. The van der Waals surface area contributed by atoms with Crippen molar-refractivity contribution in [3.63, 3.8) is 0 Å². The first-order valence-electron chi connectivity index (χ1n) is 3.84. The van der Waals surface area contributed by atoms with Crippen LogP contribution in [-0.2, 0) is 4.79 Å². The van der Waals surface area contributed by atoms with E-state index in [1.807, 2.05) is 0 Å². The number of β-lactam (4-membered cyclic amide) rings is 1. The highest BCUT2D eigenvalue weighted by Gasteiger charge is 2.26. The fraction of sp³-hybridized carbons (Fsp3) is 0.222. The first kappa shape index (κ1) is 7.28. The second-order valence-electron chi connectivity index (χ2n) is 2.75. The maximum atomic E-state index is 13.0. The van der Waals surface area contributed by atoms with Gasteiger partial charge in [-0.05, 0) is 12.1 Å². The first-order chi connectivity index (χ1) is 5.79. The summed E-state index contributed by atoms with van der Waals surface area (Å²) in [5.41, 5.74) is 0.397. The summed E-state index contributed by atoms with van der Waals surface area (Å²) >= 11 is 0. The molecule has 1 fully saturated rings. The van der Waals surface area contributed by atoms with Crippen molar-refractivity contribution in [3.05, 3.63) is 30.1 Å². The van der Waals surface area contributed by atoms with E-state index < -0.39 is 0 Å². The van der Waals surface area contributed by atoms with Gasteiger partial charge in [0.1, 0.15) is 5.82 Å². The highest BCUT2D eigenvalue weighted by atomic mass is 19.1. The van der Waals surface area contributed by atoms with Crippen LogP contribution in [0.3, 0.4) is 0 Å². The average molecular weight is 165 g/mol. The second-order valence-corrected chi connectivity index (χ2v) is 2.75. The van der Waals surface area contributed by atoms with Gasteiger partial charge in [0, 0.05) is 13.0 Å². The highest BCUT2D eigenvalue weighted by molar-refractivity contribution is 5.99. The van der Waals surface area contributed by atoms with Crippen molar-refractivity contribution in [2.75, 3.05) is 11.4 Å². The molecule has 1 aromatic rings. The second kappa shape index (κ2) is 2.59. The standard InChI is InChI=1S/C9H8FNO/c10-7-3-1-2-4-8(7)11-6-5-9(11)12/h1-4H,5-6H2. The Kier molecular flexibility index (Phi) is 1.57. The smallest absolute Gasteiger partial charge is 0.228 e. The summed E-state index contributed by atoms with van der Waals surface area (Å²) in [6.45, 7) is 0.639. The number of benzene rings is 1. The summed E-state index contributed by atoms with van der Waals surface area (Å²) in [6.07, 6.45) is 0.536. The molecule has 1 aromatic carbocycles. The lowest BCUT2D eigenvalue weighted by atomic mass is 10.1. The van der Waals surface area contributed by atoms with Crippen LogP contribution in [0.4, 0.5) is 10.1 Å². The molecule has 0 bridgehead atoms. The minimum absolute atomic E-state index is 0.0000926. The van der Waals surface area contributed by atoms with Crippen molar-refractivity contribution in [3.8, 4) is 0 Å². The molecule has 12 heavy (non-hydrogen) atoms. The van der Waals surface area contributed by atoms with E-state index in [4.69, 9.17) is 0 Å². The lowest BCUT2D eigenvalue weighted by molar-refractivity contribution is -0.122. The third-order valence-electron chi connectivity index (χ3n) is 1.99. The molecule has 2 nitrogen and oxygen atoms in total. The Bertz CT molecular complexity index is 324. The van der Waals surface area contributed by atoms with Gasteiger partial charge in [0.15, 0.2) is 0 Å². The van der Waals surface area contributed by atoms with E-state index in [-0.39, 0.29) is 11.7 Å². The van der Waals surface area contributed by atoms with Gasteiger partial charge < -0.3 is 4.90 Å². The number of carbonyl (C=O) groups is 1. The van der Waals surface area contributed by atoms with Crippen molar-refractivity contribution in [1.29, 1.82) is 0 Å². The van der Waals surface area contributed by atoms with E-state index in [2.05, 4.69) is 0 Å². The van der Waals surface area contributed by atoms with Gasteiger partial charge in [-0.25, -0.2) is 4.39 Å². The van der Waals surface area contributed by atoms with E-state index in [1.54, 1.807) is 18.2 Å². The molecule has 1 aliphatic rings. The predicted molar refractivity (Wildman–Crippen MR) is 43.4 cm³/mol. The van der Waals surface area contributed by atoms with Crippen molar-refractivity contribution in [1.82, 2.24) is 0 Å². The fourth-order valence-electron chi connectivity index (χ4n) is 1.24. The monoisotopic (exact) mass is 165 g/mol. The summed E-state index contributed by atoms with van der Waals surface area (Å²) in [7, 11) is 0. The van der Waals surface area contributed by atoms with Crippen molar-refractivity contribution < 1.29 is 9.18 Å². The van der Waals surface area contributed by atoms with Gasteiger partial charge in [0.2, 0.25) is 5.91 Å². The van der Waals surface area contributed by atoms with Gasteiger partial charge in [0.05, 0.1) is 5.69 Å². The fourth-order valence-corrected chi connectivity index (χ4v) is 1.24. The topological polar surface area (TPSA) is 20.3 Å². The van der Waals surface area contributed by atoms with Crippen LogP contribution in [0, 0.1) is 5.82 Å². The van der Waals surface area contributed by atoms with Gasteiger partial charge in [0.25, 0.3) is 0 Å². The van der Waals surface area contributed by atoms with Gasteiger partial charge in [-0.1, -0.05) is 12.1 Å². The maximum Gasteiger partial charge on any atom is 0.228 e. The molecule has 0 saturated carbocycles. The number of carbonyl (C=O) groups excluding carboxylic acids is 1. The number of amides is 1. The van der Waals surface area contributed by atoms with E-state index in [1.165, 1.54) is 11.0 Å². The molecule has 0 spiro atoms. The van der Waals surface area contributed by atoms with Crippen LogP contribution in [0.15, 0.2) is 24.3 Å². The Labute approximate surface area is 69.6 Å². The molecule has 1 heterocycles. The third-order valence-corrected chi connectivity index (χ3v) is 1.99. The molecule has 1 saturated heterocycles. The minimum Gasteiger partial charge on any atom is -0.309 e. The van der Waals surface area contributed by atoms with E-state index in [0.29, 0.717) is 18.7 Å². The Morgan fingerprint density at radius 2 is 2.08 bits per heavy atom. The predicted octanol–water partition coefficient (Wildman–Crippen LogP) is 1.56. The molecule has 3 heteroatoms. The number of halogens is 1. The molecule has 0 aliphatic carbocycles. The van der Waals surface area contributed by atoms with Crippen LogP contribution in [0.25, 0.3) is 0 Å². The summed E-state index contributed by atoms with van der Waals surface area (Å²) < 4.78 is 13.0. The number of hydrogen-bond donors (Lipinski definition) is 0. The van der Waals surface area contributed by atoms with Crippen LogP contribution in [0.1, 0.15) is 6.42 Å². The molecular formula is C9H8FNO. The summed E-state index contributed by atoms with van der Waals surface area (Å²) in [5, 5.41) is 0. The SMILES string of the molecule is O=C1CCN1c1ccccc1F. The Morgan fingerprint density at radius 1 is 1.33 bits per heavy atom. The van der Waals surface area contributed by atoms with Gasteiger partial charge in [-0.2, -0.15) is 0 Å². The summed E-state index contributed by atoms with van der Waals surface area (Å²) in [4.78, 5) is 12.4. The zero-order valence-corrected chi connectivity index (χ0v) is 6.46. The zero-order chi connectivity index (χ0) is 8.55. The Morgan fingerprint density at radius 3 is 2.58 bits per heavy atom. The molecule has 1 amide bonds.